The molecule has 1 aromatic carbocycles. The normalized spacial score (nSPS) is 12.0. The largest absolute Gasteiger partial charge is 0.486 e. The average Bonchev–Trinajstić information content (AvgIpc) is 2.78. The second kappa shape index (κ2) is 6.16. The Hall–Kier alpha value is -1.39. The molecule has 0 saturated heterocycles. The molecule has 0 aliphatic carbocycles. The van der Waals surface area contributed by atoms with Crippen molar-refractivity contribution in [3.63, 3.8) is 0 Å². The van der Waals surface area contributed by atoms with Gasteiger partial charge in [-0.1, -0.05) is 26.0 Å². The van der Waals surface area contributed by atoms with E-state index < -0.39 is 5.60 Å². The standard InChI is InChI=1S/C17H23NO2S/c1-11(2)13-7-6-8-14(9-13)20-10-15-18-12(3)16(21-15)17(4,5)19/h6-9,11,19H,10H2,1-5H3. The van der Waals surface area contributed by atoms with Crippen molar-refractivity contribution in [3.05, 3.63) is 45.4 Å². The summed E-state index contributed by atoms with van der Waals surface area (Å²) in [4.78, 5) is 5.38. The molecule has 0 aliphatic heterocycles. The zero-order valence-electron chi connectivity index (χ0n) is 13.3. The molecule has 0 amide bonds. The molecule has 0 bridgehead atoms. The van der Waals surface area contributed by atoms with E-state index in [1.807, 2.05) is 19.1 Å². The molecule has 1 N–H and O–H groups in total. The lowest BCUT2D eigenvalue weighted by atomic mass is 10.0. The van der Waals surface area contributed by atoms with Crippen molar-refractivity contribution < 1.29 is 9.84 Å². The van der Waals surface area contributed by atoms with Gasteiger partial charge >= 0.3 is 0 Å². The van der Waals surface area contributed by atoms with Crippen molar-refractivity contribution in [1.29, 1.82) is 0 Å². The molecule has 2 aromatic rings. The quantitative estimate of drug-likeness (QED) is 0.891. The van der Waals surface area contributed by atoms with Crippen LogP contribution in [-0.4, -0.2) is 10.1 Å². The van der Waals surface area contributed by atoms with Gasteiger partial charge in [-0.2, -0.15) is 0 Å². The van der Waals surface area contributed by atoms with Gasteiger partial charge in [-0.05, 0) is 44.4 Å². The first-order valence-corrected chi connectivity index (χ1v) is 8.01. The van der Waals surface area contributed by atoms with Crippen LogP contribution in [0.25, 0.3) is 0 Å². The van der Waals surface area contributed by atoms with Gasteiger partial charge in [0.1, 0.15) is 17.4 Å². The summed E-state index contributed by atoms with van der Waals surface area (Å²) in [5, 5.41) is 11.0. The Morgan fingerprint density at radius 3 is 2.62 bits per heavy atom. The van der Waals surface area contributed by atoms with E-state index in [0.717, 1.165) is 21.3 Å². The summed E-state index contributed by atoms with van der Waals surface area (Å²) >= 11 is 1.51. The summed E-state index contributed by atoms with van der Waals surface area (Å²) in [7, 11) is 0. The van der Waals surface area contributed by atoms with Crippen molar-refractivity contribution >= 4 is 11.3 Å². The minimum absolute atomic E-state index is 0.434. The number of hydrogen-bond donors (Lipinski definition) is 1. The van der Waals surface area contributed by atoms with E-state index in [9.17, 15) is 5.11 Å². The van der Waals surface area contributed by atoms with Gasteiger partial charge in [-0.25, -0.2) is 4.98 Å². The van der Waals surface area contributed by atoms with E-state index in [2.05, 4.69) is 31.0 Å². The Bertz CT molecular complexity index is 611. The van der Waals surface area contributed by atoms with Gasteiger partial charge < -0.3 is 9.84 Å². The molecular formula is C17H23NO2S. The number of nitrogens with zero attached hydrogens (tertiary/aromatic N) is 1. The van der Waals surface area contributed by atoms with Crippen molar-refractivity contribution in [2.24, 2.45) is 0 Å². The third-order valence-corrected chi connectivity index (χ3v) is 4.73. The van der Waals surface area contributed by atoms with Crippen LogP contribution < -0.4 is 4.74 Å². The molecule has 3 nitrogen and oxygen atoms in total. The number of benzene rings is 1. The summed E-state index contributed by atoms with van der Waals surface area (Å²) in [5.74, 6) is 1.34. The van der Waals surface area contributed by atoms with Crippen LogP contribution in [0.3, 0.4) is 0 Å². The van der Waals surface area contributed by atoms with Crippen molar-refractivity contribution in [3.8, 4) is 5.75 Å². The summed E-state index contributed by atoms with van der Waals surface area (Å²) < 4.78 is 5.83. The second-order valence-corrected chi connectivity index (χ2v) is 7.18. The maximum atomic E-state index is 10.1. The molecule has 0 atom stereocenters. The van der Waals surface area contributed by atoms with Crippen LogP contribution >= 0.6 is 11.3 Å². The average molecular weight is 305 g/mol. The summed E-state index contributed by atoms with van der Waals surface area (Å²) in [6.07, 6.45) is 0. The van der Waals surface area contributed by atoms with Gasteiger partial charge in [0, 0.05) is 0 Å². The molecule has 0 radical (unpaired) electrons. The number of aryl methyl sites for hydroxylation is 1. The molecule has 0 unspecified atom stereocenters. The highest BCUT2D eigenvalue weighted by atomic mass is 32.1. The molecule has 0 fully saturated rings. The lowest BCUT2D eigenvalue weighted by Crippen LogP contribution is -2.14. The monoisotopic (exact) mass is 305 g/mol. The van der Waals surface area contributed by atoms with Crippen LogP contribution in [0.4, 0.5) is 0 Å². The maximum absolute atomic E-state index is 10.1. The van der Waals surface area contributed by atoms with E-state index in [4.69, 9.17) is 4.74 Å². The molecular weight excluding hydrogens is 282 g/mol. The van der Waals surface area contributed by atoms with Crippen LogP contribution in [0.5, 0.6) is 5.75 Å². The second-order valence-electron chi connectivity index (χ2n) is 6.10. The number of rotatable bonds is 5. The van der Waals surface area contributed by atoms with Crippen molar-refractivity contribution in [2.75, 3.05) is 0 Å². The first-order valence-electron chi connectivity index (χ1n) is 7.19. The van der Waals surface area contributed by atoms with Crippen molar-refractivity contribution in [1.82, 2.24) is 4.98 Å². The predicted octanol–water partition coefficient (Wildman–Crippen LogP) is 4.38. The Balaban J connectivity index is 2.08. The topological polar surface area (TPSA) is 42.4 Å². The van der Waals surface area contributed by atoms with E-state index in [1.54, 1.807) is 13.8 Å². The molecule has 0 saturated carbocycles. The maximum Gasteiger partial charge on any atom is 0.140 e. The highest BCUT2D eigenvalue weighted by molar-refractivity contribution is 7.11. The molecule has 4 heteroatoms. The molecule has 21 heavy (non-hydrogen) atoms. The fraction of sp³-hybridized carbons (Fsp3) is 0.471. The lowest BCUT2D eigenvalue weighted by molar-refractivity contribution is 0.0817. The summed E-state index contributed by atoms with van der Waals surface area (Å²) in [6, 6.07) is 8.16. The van der Waals surface area contributed by atoms with E-state index in [1.165, 1.54) is 16.9 Å². The highest BCUT2D eigenvalue weighted by Crippen LogP contribution is 2.30. The van der Waals surface area contributed by atoms with Crippen LogP contribution in [0.2, 0.25) is 0 Å². The molecule has 114 valence electrons. The van der Waals surface area contributed by atoms with Gasteiger partial charge in [0.05, 0.1) is 16.2 Å². The highest BCUT2D eigenvalue weighted by Gasteiger charge is 2.22. The molecule has 2 rings (SSSR count). The Kier molecular flexibility index (Phi) is 4.69. The minimum atomic E-state index is -0.850. The van der Waals surface area contributed by atoms with Gasteiger partial charge in [-0.15, -0.1) is 11.3 Å². The summed E-state index contributed by atoms with van der Waals surface area (Å²) in [6.45, 7) is 10.3. The Morgan fingerprint density at radius 2 is 2.05 bits per heavy atom. The number of thiazole rings is 1. The van der Waals surface area contributed by atoms with Gasteiger partial charge in [0.15, 0.2) is 0 Å². The first-order chi connectivity index (χ1) is 9.77. The van der Waals surface area contributed by atoms with E-state index in [0.29, 0.717) is 12.5 Å². The lowest BCUT2D eigenvalue weighted by Gasteiger charge is -2.15. The number of aromatic nitrogens is 1. The predicted molar refractivity (Wildman–Crippen MR) is 87.0 cm³/mol. The Labute approximate surface area is 130 Å². The number of aliphatic hydroxyl groups is 1. The van der Waals surface area contributed by atoms with Gasteiger partial charge in [0.25, 0.3) is 0 Å². The third-order valence-electron chi connectivity index (χ3n) is 3.28. The SMILES string of the molecule is Cc1nc(COc2cccc(C(C)C)c2)sc1C(C)(C)O. The Morgan fingerprint density at radius 1 is 1.33 bits per heavy atom. The number of hydrogen-bond acceptors (Lipinski definition) is 4. The molecule has 0 spiro atoms. The van der Waals surface area contributed by atoms with Crippen molar-refractivity contribution in [2.45, 2.75) is 52.7 Å². The first kappa shape index (κ1) is 16.0. The minimum Gasteiger partial charge on any atom is -0.486 e. The zero-order chi connectivity index (χ0) is 15.6. The molecule has 1 heterocycles. The third kappa shape index (κ3) is 4.05. The van der Waals surface area contributed by atoms with Gasteiger partial charge in [0.2, 0.25) is 0 Å². The fourth-order valence-electron chi connectivity index (χ4n) is 2.19. The van der Waals surface area contributed by atoms with Crippen LogP contribution in [-0.2, 0) is 12.2 Å². The van der Waals surface area contributed by atoms with E-state index >= 15 is 0 Å². The van der Waals surface area contributed by atoms with E-state index in [-0.39, 0.29) is 0 Å². The van der Waals surface area contributed by atoms with Crippen LogP contribution in [0.1, 0.15) is 54.8 Å². The fourth-order valence-corrected chi connectivity index (χ4v) is 3.17. The zero-order valence-corrected chi connectivity index (χ0v) is 14.1. The van der Waals surface area contributed by atoms with Gasteiger partial charge in [-0.3, -0.25) is 0 Å². The summed E-state index contributed by atoms with van der Waals surface area (Å²) in [5.41, 5.74) is 1.29. The van der Waals surface area contributed by atoms with Crippen LogP contribution in [0, 0.1) is 6.92 Å². The molecule has 0 aliphatic rings. The smallest absolute Gasteiger partial charge is 0.140 e. The number of ether oxygens (including phenoxy) is 1. The molecule has 1 aromatic heterocycles. The van der Waals surface area contributed by atoms with Crippen LogP contribution in [0.15, 0.2) is 24.3 Å².